The highest BCUT2D eigenvalue weighted by molar-refractivity contribution is 9.10. The number of aryl methyl sites for hydroxylation is 2. The van der Waals surface area contributed by atoms with Crippen LogP contribution in [0.2, 0.25) is 10.2 Å². The van der Waals surface area contributed by atoms with Crippen molar-refractivity contribution in [1.29, 1.82) is 0 Å². The first-order valence-electron chi connectivity index (χ1n) is 5.70. The van der Waals surface area contributed by atoms with Gasteiger partial charge in [-0.15, -0.1) is 0 Å². The van der Waals surface area contributed by atoms with Crippen LogP contribution in [0, 0.1) is 6.92 Å². The van der Waals surface area contributed by atoms with Crippen LogP contribution in [-0.2, 0) is 13.5 Å². The van der Waals surface area contributed by atoms with Crippen molar-refractivity contribution in [3.63, 3.8) is 0 Å². The van der Waals surface area contributed by atoms with Crippen molar-refractivity contribution in [2.75, 3.05) is 0 Å². The third kappa shape index (κ3) is 3.31. The number of hydrogen-bond donors (Lipinski definition) is 1. The SMILES string of the molecule is Cc1nn(C)c(Cl)c1CC(O)c1cc(Cl)cc(Br)c1. The van der Waals surface area contributed by atoms with Crippen molar-refractivity contribution in [2.24, 2.45) is 7.05 Å². The monoisotopic (exact) mass is 362 g/mol. The van der Waals surface area contributed by atoms with Gasteiger partial charge >= 0.3 is 0 Å². The molecule has 102 valence electrons. The van der Waals surface area contributed by atoms with Gasteiger partial charge in [-0.25, -0.2) is 0 Å². The van der Waals surface area contributed by atoms with E-state index in [1.807, 2.05) is 13.0 Å². The smallest absolute Gasteiger partial charge is 0.130 e. The Morgan fingerprint density at radius 1 is 1.37 bits per heavy atom. The normalized spacial score (nSPS) is 12.7. The molecule has 3 nitrogen and oxygen atoms in total. The lowest BCUT2D eigenvalue weighted by molar-refractivity contribution is 0.178. The molecule has 0 saturated carbocycles. The standard InChI is InChI=1S/C13H13BrCl2N2O/c1-7-11(13(16)18(2)17-7)6-12(19)8-3-9(14)5-10(15)4-8/h3-5,12,19H,6H2,1-2H3. The fourth-order valence-corrected chi connectivity index (χ4v) is 3.12. The van der Waals surface area contributed by atoms with Crippen LogP contribution in [0.25, 0.3) is 0 Å². The lowest BCUT2D eigenvalue weighted by atomic mass is 10.0. The predicted octanol–water partition coefficient (Wildman–Crippen LogP) is 4.07. The number of aromatic nitrogens is 2. The van der Waals surface area contributed by atoms with E-state index >= 15 is 0 Å². The number of aliphatic hydroxyl groups excluding tert-OH is 1. The molecule has 1 unspecified atom stereocenters. The molecular weight excluding hydrogens is 351 g/mol. The van der Waals surface area contributed by atoms with Crippen molar-refractivity contribution in [3.8, 4) is 0 Å². The van der Waals surface area contributed by atoms with Gasteiger partial charge < -0.3 is 5.11 Å². The molecule has 1 atom stereocenters. The molecule has 1 heterocycles. The van der Waals surface area contributed by atoms with E-state index in [4.69, 9.17) is 23.2 Å². The van der Waals surface area contributed by atoms with Gasteiger partial charge in [0.1, 0.15) is 5.15 Å². The Morgan fingerprint density at radius 2 is 2.05 bits per heavy atom. The van der Waals surface area contributed by atoms with Crippen LogP contribution in [0.4, 0.5) is 0 Å². The Morgan fingerprint density at radius 3 is 2.58 bits per heavy atom. The highest BCUT2D eigenvalue weighted by Gasteiger charge is 2.17. The van der Waals surface area contributed by atoms with E-state index in [-0.39, 0.29) is 0 Å². The summed E-state index contributed by atoms with van der Waals surface area (Å²) in [6.07, 6.45) is -0.263. The summed E-state index contributed by atoms with van der Waals surface area (Å²) in [7, 11) is 1.78. The Balaban J connectivity index is 2.27. The van der Waals surface area contributed by atoms with E-state index in [1.165, 1.54) is 0 Å². The molecule has 0 amide bonds. The van der Waals surface area contributed by atoms with Gasteiger partial charge in [0.25, 0.3) is 0 Å². The number of rotatable bonds is 3. The van der Waals surface area contributed by atoms with Crippen molar-refractivity contribution in [2.45, 2.75) is 19.4 Å². The molecule has 0 fully saturated rings. The molecule has 0 aliphatic heterocycles. The first-order valence-corrected chi connectivity index (χ1v) is 7.25. The average molecular weight is 364 g/mol. The van der Waals surface area contributed by atoms with Crippen LogP contribution in [0.3, 0.4) is 0 Å². The summed E-state index contributed by atoms with van der Waals surface area (Å²) in [4.78, 5) is 0. The summed E-state index contributed by atoms with van der Waals surface area (Å²) in [5, 5.41) is 15.7. The third-order valence-electron chi connectivity index (χ3n) is 2.94. The van der Waals surface area contributed by atoms with Crippen molar-refractivity contribution in [3.05, 3.63) is 49.7 Å². The largest absolute Gasteiger partial charge is 0.388 e. The maximum absolute atomic E-state index is 10.3. The first kappa shape index (κ1) is 14.9. The minimum Gasteiger partial charge on any atom is -0.388 e. The quantitative estimate of drug-likeness (QED) is 0.892. The van der Waals surface area contributed by atoms with Gasteiger partial charge in [-0.3, -0.25) is 4.68 Å². The lowest BCUT2D eigenvalue weighted by Gasteiger charge is -2.12. The second-order valence-corrected chi connectivity index (χ2v) is 6.11. The highest BCUT2D eigenvalue weighted by Crippen LogP contribution is 2.29. The molecule has 1 aromatic heterocycles. The Hall–Kier alpha value is -0.550. The van der Waals surface area contributed by atoms with Crippen molar-refractivity contribution < 1.29 is 5.11 Å². The zero-order chi connectivity index (χ0) is 14.2. The fourth-order valence-electron chi connectivity index (χ4n) is 1.98. The summed E-state index contributed by atoms with van der Waals surface area (Å²) in [6.45, 7) is 1.88. The van der Waals surface area contributed by atoms with Gasteiger partial charge in [0.2, 0.25) is 0 Å². The second-order valence-electron chi connectivity index (χ2n) is 4.40. The second kappa shape index (κ2) is 5.83. The minimum atomic E-state index is -0.671. The van der Waals surface area contributed by atoms with E-state index in [2.05, 4.69) is 21.0 Å². The van der Waals surface area contributed by atoms with Gasteiger partial charge in [0.15, 0.2) is 0 Å². The lowest BCUT2D eigenvalue weighted by Crippen LogP contribution is -2.03. The molecule has 1 aromatic carbocycles. The first-order chi connectivity index (χ1) is 8.88. The molecule has 0 aliphatic rings. The van der Waals surface area contributed by atoms with Crippen LogP contribution in [0.1, 0.15) is 22.9 Å². The molecular formula is C13H13BrCl2N2O. The van der Waals surface area contributed by atoms with Crippen molar-refractivity contribution in [1.82, 2.24) is 9.78 Å². The van der Waals surface area contributed by atoms with Gasteiger partial charge in [-0.1, -0.05) is 39.1 Å². The zero-order valence-electron chi connectivity index (χ0n) is 10.5. The fraction of sp³-hybridized carbons (Fsp3) is 0.308. The van der Waals surface area contributed by atoms with Crippen LogP contribution in [0.5, 0.6) is 0 Å². The summed E-state index contributed by atoms with van der Waals surface area (Å²) < 4.78 is 2.44. The zero-order valence-corrected chi connectivity index (χ0v) is 13.6. The Bertz CT molecular complexity index is 593. The maximum atomic E-state index is 10.3. The molecule has 2 aromatic rings. The van der Waals surface area contributed by atoms with E-state index in [9.17, 15) is 5.11 Å². The molecule has 0 bridgehead atoms. The van der Waals surface area contributed by atoms with Gasteiger partial charge in [0, 0.05) is 28.5 Å². The van der Waals surface area contributed by atoms with E-state index < -0.39 is 6.10 Å². The molecule has 0 aliphatic carbocycles. The van der Waals surface area contributed by atoms with E-state index in [0.29, 0.717) is 16.6 Å². The van der Waals surface area contributed by atoms with Crippen LogP contribution < -0.4 is 0 Å². The summed E-state index contributed by atoms with van der Waals surface area (Å²) >= 11 is 15.5. The highest BCUT2D eigenvalue weighted by atomic mass is 79.9. The number of benzene rings is 1. The van der Waals surface area contributed by atoms with Gasteiger partial charge in [0.05, 0.1) is 11.8 Å². The molecule has 0 spiro atoms. The predicted molar refractivity (Wildman–Crippen MR) is 80.8 cm³/mol. The molecule has 19 heavy (non-hydrogen) atoms. The molecule has 2 rings (SSSR count). The van der Waals surface area contributed by atoms with Gasteiger partial charge in [-0.2, -0.15) is 5.10 Å². The van der Waals surface area contributed by atoms with Crippen LogP contribution in [-0.4, -0.2) is 14.9 Å². The van der Waals surface area contributed by atoms with E-state index in [1.54, 1.807) is 23.9 Å². The van der Waals surface area contributed by atoms with Crippen LogP contribution in [0.15, 0.2) is 22.7 Å². The minimum absolute atomic E-state index is 0.408. The molecule has 6 heteroatoms. The van der Waals surface area contributed by atoms with Crippen molar-refractivity contribution >= 4 is 39.1 Å². The Labute approximate surface area is 130 Å². The summed E-state index contributed by atoms with van der Waals surface area (Å²) in [5.74, 6) is 0. The number of nitrogens with zero attached hydrogens (tertiary/aromatic N) is 2. The maximum Gasteiger partial charge on any atom is 0.130 e. The Kier molecular flexibility index (Phi) is 4.56. The summed E-state index contributed by atoms with van der Waals surface area (Å²) in [6, 6.07) is 5.37. The average Bonchev–Trinajstić information content (AvgIpc) is 2.54. The summed E-state index contributed by atoms with van der Waals surface area (Å²) in [5.41, 5.74) is 2.43. The molecule has 0 radical (unpaired) electrons. The third-order valence-corrected chi connectivity index (χ3v) is 4.09. The van der Waals surface area contributed by atoms with Gasteiger partial charge in [-0.05, 0) is 30.7 Å². The topological polar surface area (TPSA) is 38.0 Å². The number of halogens is 3. The molecule has 0 saturated heterocycles. The molecule has 1 N–H and O–H groups in total. The van der Waals surface area contributed by atoms with Crippen LogP contribution >= 0.6 is 39.1 Å². The number of hydrogen-bond acceptors (Lipinski definition) is 2. The number of aliphatic hydroxyl groups is 1. The van der Waals surface area contributed by atoms with E-state index in [0.717, 1.165) is 21.3 Å².